The minimum absolute atomic E-state index is 0.184. The van der Waals surface area contributed by atoms with Crippen LogP contribution in [0.4, 0.5) is 0 Å². The number of hydrogen-bond donors (Lipinski definition) is 0. The van der Waals surface area contributed by atoms with Crippen molar-refractivity contribution < 1.29 is 13.2 Å². The van der Waals surface area contributed by atoms with Gasteiger partial charge in [0.1, 0.15) is 18.7 Å². The van der Waals surface area contributed by atoms with Crippen LogP contribution in [0.3, 0.4) is 0 Å². The van der Waals surface area contributed by atoms with E-state index in [9.17, 15) is 13.2 Å². The standard InChI is InChI=1S/C25H31N5O3S/c1-17-13-18(2)24(19(3)14-17)34(32,33)30-12-6-7-23(30)25(31)28(5)20(4)21-8-10-22(11-9-21)29-16-26-15-27-29/h8-11,13-16,20,23H,6-7,12H2,1-5H3. The van der Waals surface area contributed by atoms with E-state index in [1.165, 1.54) is 10.6 Å². The van der Waals surface area contributed by atoms with Gasteiger partial charge in [0, 0.05) is 13.6 Å². The van der Waals surface area contributed by atoms with Gasteiger partial charge in [0.2, 0.25) is 15.9 Å². The number of sulfonamides is 1. The highest BCUT2D eigenvalue weighted by Gasteiger charge is 2.42. The molecule has 0 N–H and O–H groups in total. The first-order valence-electron chi connectivity index (χ1n) is 11.4. The summed E-state index contributed by atoms with van der Waals surface area (Å²) in [6, 6.07) is 10.6. The zero-order valence-corrected chi connectivity index (χ0v) is 21.1. The highest BCUT2D eigenvalue weighted by molar-refractivity contribution is 7.89. The molecule has 3 aromatic rings. The third kappa shape index (κ3) is 4.37. The smallest absolute Gasteiger partial charge is 0.244 e. The predicted molar refractivity (Wildman–Crippen MR) is 130 cm³/mol. The second-order valence-corrected chi connectivity index (χ2v) is 10.9. The molecule has 2 heterocycles. The lowest BCUT2D eigenvalue weighted by Gasteiger charge is -2.32. The number of aryl methyl sites for hydroxylation is 3. The van der Waals surface area contributed by atoms with Crippen LogP contribution in [0, 0.1) is 20.8 Å². The number of rotatable bonds is 6. The third-order valence-corrected chi connectivity index (χ3v) is 8.86. The zero-order valence-electron chi connectivity index (χ0n) is 20.3. The molecule has 1 fully saturated rings. The van der Waals surface area contributed by atoms with Gasteiger partial charge in [0.15, 0.2) is 0 Å². The minimum Gasteiger partial charge on any atom is -0.338 e. The fraction of sp³-hybridized carbons (Fsp3) is 0.400. The Hall–Kier alpha value is -3.04. The van der Waals surface area contributed by atoms with E-state index in [2.05, 4.69) is 10.1 Å². The molecule has 1 amide bonds. The molecule has 1 aliphatic rings. The maximum Gasteiger partial charge on any atom is 0.244 e. The summed E-state index contributed by atoms with van der Waals surface area (Å²) in [6.07, 6.45) is 4.28. The number of benzene rings is 2. The van der Waals surface area contributed by atoms with Gasteiger partial charge in [-0.15, -0.1) is 0 Å². The van der Waals surface area contributed by atoms with Crippen molar-refractivity contribution in [3.63, 3.8) is 0 Å². The zero-order chi connectivity index (χ0) is 24.6. The van der Waals surface area contributed by atoms with Crippen LogP contribution in [0.1, 0.15) is 48.1 Å². The summed E-state index contributed by atoms with van der Waals surface area (Å²) in [5.41, 5.74) is 4.28. The average Bonchev–Trinajstić information content (AvgIpc) is 3.49. The average molecular weight is 482 g/mol. The molecule has 1 aromatic heterocycles. The van der Waals surface area contributed by atoms with E-state index in [0.717, 1.165) is 16.8 Å². The van der Waals surface area contributed by atoms with Gasteiger partial charge in [-0.1, -0.05) is 29.8 Å². The van der Waals surface area contributed by atoms with Gasteiger partial charge in [-0.3, -0.25) is 4.79 Å². The molecule has 2 aromatic carbocycles. The molecule has 0 saturated carbocycles. The highest BCUT2D eigenvalue weighted by Crippen LogP contribution is 2.32. The second kappa shape index (κ2) is 9.31. The molecule has 1 aliphatic heterocycles. The van der Waals surface area contributed by atoms with Gasteiger partial charge in [-0.05, 0) is 69.4 Å². The van der Waals surface area contributed by atoms with E-state index in [0.29, 0.717) is 35.4 Å². The van der Waals surface area contributed by atoms with Crippen LogP contribution in [0.5, 0.6) is 0 Å². The molecule has 4 rings (SSSR count). The van der Waals surface area contributed by atoms with Crippen molar-refractivity contribution in [2.45, 2.75) is 57.5 Å². The van der Waals surface area contributed by atoms with Crippen molar-refractivity contribution >= 4 is 15.9 Å². The molecule has 0 spiro atoms. The van der Waals surface area contributed by atoms with E-state index in [4.69, 9.17) is 0 Å². The van der Waals surface area contributed by atoms with Crippen molar-refractivity contribution in [1.82, 2.24) is 24.0 Å². The molecular formula is C25H31N5O3S. The lowest BCUT2D eigenvalue weighted by Crippen LogP contribution is -2.47. The molecule has 8 nitrogen and oxygen atoms in total. The van der Waals surface area contributed by atoms with Crippen molar-refractivity contribution in [2.24, 2.45) is 0 Å². The molecule has 1 saturated heterocycles. The molecule has 34 heavy (non-hydrogen) atoms. The Labute approximate surface area is 201 Å². The molecule has 2 atom stereocenters. The molecule has 9 heteroatoms. The lowest BCUT2D eigenvalue weighted by molar-refractivity contribution is -0.135. The SMILES string of the molecule is Cc1cc(C)c(S(=O)(=O)N2CCCC2C(=O)N(C)C(C)c2ccc(-n3cncn3)cc2)c(C)c1. The van der Waals surface area contributed by atoms with Crippen LogP contribution in [-0.2, 0) is 14.8 Å². The van der Waals surface area contributed by atoms with Crippen LogP contribution in [0.25, 0.3) is 5.69 Å². The van der Waals surface area contributed by atoms with Gasteiger partial charge >= 0.3 is 0 Å². The van der Waals surface area contributed by atoms with Crippen LogP contribution in [0.2, 0.25) is 0 Å². The normalized spacial score (nSPS) is 17.6. The van der Waals surface area contributed by atoms with Crippen molar-refractivity contribution in [3.8, 4) is 5.69 Å². The molecule has 2 unspecified atom stereocenters. The molecule has 0 bridgehead atoms. The highest BCUT2D eigenvalue weighted by atomic mass is 32.2. The Morgan fingerprint density at radius 3 is 2.35 bits per heavy atom. The first kappa shape index (κ1) is 24.1. The summed E-state index contributed by atoms with van der Waals surface area (Å²) in [5, 5.41) is 4.13. The molecule has 180 valence electrons. The second-order valence-electron chi connectivity index (χ2n) is 9.06. The predicted octanol–water partition coefficient (Wildman–Crippen LogP) is 3.57. The maximum absolute atomic E-state index is 13.7. The number of carbonyl (C=O) groups is 1. The van der Waals surface area contributed by atoms with Crippen LogP contribution < -0.4 is 0 Å². The third-order valence-electron chi connectivity index (χ3n) is 6.65. The Bertz CT molecular complexity index is 1260. The fourth-order valence-electron chi connectivity index (χ4n) is 4.86. The number of nitrogens with zero attached hydrogens (tertiary/aromatic N) is 5. The van der Waals surface area contributed by atoms with Crippen LogP contribution in [0.15, 0.2) is 53.9 Å². The van der Waals surface area contributed by atoms with Crippen LogP contribution >= 0.6 is 0 Å². The summed E-state index contributed by atoms with van der Waals surface area (Å²) in [6.45, 7) is 7.88. The van der Waals surface area contributed by atoms with E-state index in [1.54, 1.807) is 23.0 Å². The van der Waals surface area contributed by atoms with E-state index in [1.807, 2.05) is 64.1 Å². The number of aromatic nitrogens is 3. The van der Waals surface area contributed by atoms with Gasteiger partial charge < -0.3 is 4.90 Å². The van der Waals surface area contributed by atoms with Gasteiger partial charge in [0.25, 0.3) is 0 Å². The van der Waals surface area contributed by atoms with Gasteiger partial charge in [-0.25, -0.2) is 18.1 Å². The van der Waals surface area contributed by atoms with Gasteiger partial charge in [0.05, 0.1) is 16.6 Å². The maximum atomic E-state index is 13.7. The lowest BCUT2D eigenvalue weighted by atomic mass is 10.1. The van der Waals surface area contributed by atoms with E-state index >= 15 is 0 Å². The summed E-state index contributed by atoms with van der Waals surface area (Å²) in [7, 11) is -2.06. The van der Waals surface area contributed by atoms with Crippen molar-refractivity contribution in [1.29, 1.82) is 0 Å². The molecule has 0 aliphatic carbocycles. The first-order chi connectivity index (χ1) is 16.1. The number of amides is 1. The number of carbonyl (C=O) groups excluding carboxylic acids is 1. The van der Waals surface area contributed by atoms with Crippen molar-refractivity contribution in [3.05, 3.63) is 71.3 Å². The Balaban J connectivity index is 1.56. The van der Waals surface area contributed by atoms with E-state index < -0.39 is 16.1 Å². The Kier molecular flexibility index (Phi) is 6.60. The fourth-order valence-corrected chi connectivity index (χ4v) is 6.93. The number of hydrogen-bond acceptors (Lipinski definition) is 5. The molecule has 0 radical (unpaired) electrons. The van der Waals surface area contributed by atoms with Crippen molar-refractivity contribution in [2.75, 3.05) is 13.6 Å². The summed E-state index contributed by atoms with van der Waals surface area (Å²) in [4.78, 5) is 19.5. The summed E-state index contributed by atoms with van der Waals surface area (Å²) < 4.78 is 30.4. The first-order valence-corrected chi connectivity index (χ1v) is 12.9. The Morgan fingerprint density at radius 2 is 1.76 bits per heavy atom. The Morgan fingerprint density at radius 1 is 1.12 bits per heavy atom. The minimum atomic E-state index is -3.80. The summed E-state index contributed by atoms with van der Waals surface area (Å²) in [5.74, 6) is -0.184. The summed E-state index contributed by atoms with van der Waals surface area (Å²) >= 11 is 0. The van der Waals surface area contributed by atoms with Gasteiger partial charge in [-0.2, -0.15) is 9.40 Å². The molecular weight excluding hydrogens is 450 g/mol. The van der Waals surface area contributed by atoms with Crippen LogP contribution in [-0.4, -0.2) is 57.9 Å². The monoisotopic (exact) mass is 481 g/mol. The topological polar surface area (TPSA) is 88.4 Å². The largest absolute Gasteiger partial charge is 0.338 e. The quantitative estimate of drug-likeness (QED) is 0.537. The van der Waals surface area contributed by atoms with E-state index in [-0.39, 0.29) is 11.9 Å². The number of likely N-dealkylation sites (N-methyl/N-ethyl adjacent to an activating group) is 1.